The summed E-state index contributed by atoms with van der Waals surface area (Å²) in [5.74, 6) is -0.476. The number of hydrogen-bond donors (Lipinski definition) is 1. The second-order valence-electron chi connectivity index (χ2n) is 8.27. The van der Waals surface area contributed by atoms with Crippen molar-refractivity contribution in [2.24, 2.45) is 0 Å². The highest BCUT2D eigenvalue weighted by molar-refractivity contribution is 7.92. The van der Waals surface area contributed by atoms with Gasteiger partial charge in [-0.1, -0.05) is 42.5 Å². The molecule has 1 heterocycles. The number of carbonyl (C=O) groups excluding carboxylic acids is 1. The molecular weight excluding hydrogens is 471 g/mol. The monoisotopic (exact) mass is 498 g/mol. The number of hydrogen-bond acceptors (Lipinski definition) is 5. The predicted molar refractivity (Wildman–Crippen MR) is 131 cm³/mol. The van der Waals surface area contributed by atoms with Crippen molar-refractivity contribution in [3.05, 3.63) is 83.7 Å². The van der Waals surface area contributed by atoms with Gasteiger partial charge in [0.1, 0.15) is 5.82 Å². The van der Waals surface area contributed by atoms with Crippen LogP contribution >= 0.6 is 0 Å². The Balaban J connectivity index is 1.62. The summed E-state index contributed by atoms with van der Waals surface area (Å²) in [7, 11) is -1.47. The molecule has 0 aromatic heterocycles. The molecule has 184 valence electrons. The van der Waals surface area contributed by atoms with Crippen LogP contribution in [0.2, 0.25) is 0 Å². The molecular formula is C26H27FN2O5S. The van der Waals surface area contributed by atoms with Crippen LogP contribution in [-0.4, -0.2) is 46.5 Å². The molecule has 0 bridgehead atoms. The number of nitrogens with zero attached hydrogens (tertiary/aromatic N) is 1. The molecule has 0 radical (unpaired) electrons. The maximum atomic E-state index is 14.1. The van der Waals surface area contributed by atoms with Gasteiger partial charge < -0.3 is 14.4 Å². The molecule has 1 N–H and O–H groups in total. The summed E-state index contributed by atoms with van der Waals surface area (Å²) >= 11 is 0. The Bertz CT molecular complexity index is 1310. The van der Waals surface area contributed by atoms with Crippen molar-refractivity contribution in [1.82, 2.24) is 4.90 Å². The quantitative estimate of drug-likeness (QED) is 0.512. The van der Waals surface area contributed by atoms with Crippen LogP contribution in [0.15, 0.2) is 71.6 Å². The second kappa shape index (κ2) is 10.4. The van der Waals surface area contributed by atoms with Crippen LogP contribution in [0.1, 0.15) is 34.7 Å². The smallest absolute Gasteiger partial charge is 0.262 e. The zero-order chi connectivity index (χ0) is 25.0. The lowest BCUT2D eigenvalue weighted by atomic mass is 9.89. The van der Waals surface area contributed by atoms with E-state index in [1.807, 2.05) is 18.2 Å². The van der Waals surface area contributed by atoms with Crippen molar-refractivity contribution in [3.63, 3.8) is 0 Å². The topological polar surface area (TPSA) is 84.9 Å². The van der Waals surface area contributed by atoms with Gasteiger partial charge in [-0.3, -0.25) is 9.52 Å². The van der Waals surface area contributed by atoms with Crippen LogP contribution in [0, 0.1) is 5.82 Å². The molecule has 3 aromatic carbocycles. The SMILES string of the molecule is COc1cc(S(=O)(=O)Nc2ccccc2F)cc(C(=O)N2CCC(c3ccccc3)CC2)c1OC. The standard InChI is InChI=1S/C26H27FN2O5S/c1-33-24-17-20(35(31,32)28-23-11-7-6-10-22(23)27)16-21(25(24)34-2)26(30)29-14-12-19(13-15-29)18-8-4-3-5-9-18/h3-11,16-17,19,28H,12-15H2,1-2H3. The molecule has 0 spiro atoms. The number of nitrogens with one attached hydrogen (secondary N) is 1. The van der Waals surface area contributed by atoms with E-state index in [0.717, 1.165) is 18.9 Å². The Kier molecular flexibility index (Phi) is 7.25. The molecule has 9 heteroatoms. The van der Waals surface area contributed by atoms with Gasteiger partial charge in [0.2, 0.25) is 0 Å². The normalized spacial score (nSPS) is 14.4. The zero-order valence-electron chi connectivity index (χ0n) is 19.5. The molecule has 1 aliphatic rings. The lowest BCUT2D eigenvalue weighted by Gasteiger charge is -2.32. The number of piperidine rings is 1. The third-order valence-electron chi connectivity index (χ3n) is 6.16. The van der Waals surface area contributed by atoms with Crippen molar-refractivity contribution in [2.45, 2.75) is 23.7 Å². The minimum absolute atomic E-state index is 0.0684. The number of amides is 1. The lowest BCUT2D eigenvalue weighted by Crippen LogP contribution is -2.38. The van der Waals surface area contributed by atoms with Gasteiger partial charge in [-0.15, -0.1) is 0 Å². The van der Waals surface area contributed by atoms with Gasteiger partial charge in [-0.05, 0) is 42.5 Å². The highest BCUT2D eigenvalue weighted by Gasteiger charge is 2.30. The molecule has 1 saturated heterocycles. The Morgan fingerprint density at radius 2 is 1.63 bits per heavy atom. The summed E-state index contributed by atoms with van der Waals surface area (Å²) in [6, 6.07) is 18.1. The number of benzene rings is 3. The number of rotatable bonds is 7. The van der Waals surface area contributed by atoms with Gasteiger partial charge in [0.15, 0.2) is 11.5 Å². The summed E-state index contributed by atoms with van der Waals surface area (Å²) in [4.78, 5) is 15.0. The van der Waals surface area contributed by atoms with Gasteiger partial charge in [-0.25, -0.2) is 12.8 Å². The second-order valence-corrected chi connectivity index (χ2v) is 9.95. The van der Waals surface area contributed by atoms with E-state index in [1.165, 1.54) is 50.1 Å². The molecule has 0 saturated carbocycles. The molecule has 1 amide bonds. The van der Waals surface area contributed by atoms with Crippen molar-refractivity contribution in [2.75, 3.05) is 32.0 Å². The fourth-order valence-electron chi connectivity index (χ4n) is 4.31. The Labute approximate surface area is 204 Å². The largest absolute Gasteiger partial charge is 0.493 e. The van der Waals surface area contributed by atoms with E-state index in [4.69, 9.17) is 9.47 Å². The number of methoxy groups -OCH3 is 2. The van der Waals surface area contributed by atoms with Crippen LogP contribution in [0.25, 0.3) is 0 Å². The number of halogens is 1. The fourth-order valence-corrected chi connectivity index (χ4v) is 5.42. The van der Waals surface area contributed by atoms with Crippen LogP contribution < -0.4 is 14.2 Å². The van der Waals surface area contributed by atoms with Crippen molar-refractivity contribution < 1.29 is 27.1 Å². The maximum Gasteiger partial charge on any atom is 0.262 e. The molecule has 1 fully saturated rings. The van der Waals surface area contributed by atoms with E-state index in [1.54, 1.807) is 4.90 Å². The maximum absolute atomic E-state index is 14.1. The molecule has 0 atom stereocenters. The van der Waals surface area contributed by atoms with Gasteiger partial charge in [0.25, 0.3) is 15.9 Å². The first-order chi connectivity index (χ1) is 16.8. The van der Waals surface area contributed by atoms with Crippen molar-refractivity contribution >= 4 is 21.6 Å². The minimum Gasteiger partial charge on any atom is -0.493 e. The Morgan fingerprint density at radius 3 is 2.26 bits per heavy atom. The Morgan fingerprint density at radius 1 is 0.971 bits per heavy atom. The van der Waals surface area contributed by atoms with Crippen LogP contribution in [0.5, 0.6) is 11.5 Å². The molecule has 4 rings (SSSR count). The number of likely N-dealkylation sites (tertiary alicyclic amines) is 1. The molecule has 3 aromatic rings. The molecule has 35 heavy (non-hydrogen) atoms. The van der Waals surface area contributed by atoms with E-state index < -0.39 is 15.8 Å². The van der Waals surface area contributed by atoms with Gasteiger partial charge in [0, 0.05) is 19.2 Å². The zero-order valence-corrected chi connectivity index (χ0v) is 20.3. The highest BCUT2D eigenvalue weighted by atomic mass is 32.2. The highest BCUT2D eigenvalue weighted by Crippen LogP contribution is 2.37. The number of carbonyl (C=O) groups is 1. The lowest BCUT2D eigenvalue weighted by molar-refractivity contribution is 0.0708. The van der Waals surface area contributed by atoms with Gasteiger partial charge in [0.05, 0.1) is 30.4 Å². The van der Waals surface area contributed by atoms with E-state index in [-0.39, 0.29) is 33.6 Å². The fraction of sp³-hybridized carbons (Fsp3) is 0.269. The number of para-hydroxylation sites is 1. The Hall–Kier alpha value is -3.59. The first kappa shape index (κ1) is 24.5. The summed E-state index contributed by atoms with van der Waals surface area (Å²) < 4.78 is 53.2. The predicted octanol–water partition coefficient (Wildman–Crippen LogP) is 4.66. The van der Waals surface area contributed by atoms with E-state index >= 15 is 0 Å². The first-order valence-corrected chi connectivity index (χ1v) is 12.7. The summed E-state index contributed by atoms with van der Waals surface area (Å²) in [6.45, 7) is 1.04. The molecule has 0 unspecified atom stereocenters. The molecule has 1 aliphatic heterocycles. The molecule has 0 aliphatic carbocycles. The minimum atomic E-state index is -4.22. The van der Waals surface area contributed by atoms with Gasteiger partial charge in [-0.2, -0.15) is 0 Å². The van der Waals surface area contributed by atoms with Crippen molar-refractivity contribution in [3.8, 4) is 11.5 Å². The van der Waals surface area contributed by atoms with Gasteiger partial charge >= 0.3 is 0 Å². The average molecular weight is 499 g/mol. The van der Waals surface area contributed by atoms with Crippen LogP contribution in [0.3, 0.4) is 0 Å². The van der Waals surface area contributed by atoms with Crippen LogP contribution in [0.4, 0.5) is 10.1 Å². The van der Waals surface area contributed by atoms with E-state index in [2.05, 4.69) is 16.9 Å². The van der Waals surface area contributed by atoms with Crippen molar-refractivity contribution in [1.29, 1.82) is 0 Å². The summed E-state index contributed by atoms with van der Waals surface area (Å²) in [6.07, 6.45) is 1.59. The summed E-state index contributed by atoms with van der Waals surface area (Å²) in [5.41, 5.74) is 1.11. The third kappa shape index (κ3) is 5.24. The first-order valence-electron chi connectivity index (χ1n) is 11.2. The summed E-state index contributed by atoms with van der Waals surface area (Å²) in [5, 5.41) is 0. The number of sulfonamides is 1. The third-order valence-corrected chi connectivity index (χ3v) is 7.51. The van der Waals surface area contributed by atoms with E-state index in [9.17, 15) is 17.6 Å². The van der Waals surface area contributed by atoms with Crippen LogP contribution in [-0.2, 0) is 10.0 Å². The molecule has 7 nitrogen and oxygen atoms in total. The van der Waals surface area contributed by atoms with E-state index in [0.29, 0.717) is 19.0 Å². The number of ether oxygens (including phenoxy) is 2. The average Bonchev–Trinajstić information content (AvgIpc) is 2.89. The number of anilines is 1.